The highest BCUT2D eigenvalue weighted by atomic mass is 32.2. The summed E-state index contributed by atoms with van der Waals surface area (Å²) in [6.45, 7) is 7.83. The van der Waals surface area contributed by atoms with Gasteiger partial charge in [-0.2, -0.15) is 0 Å². The molecule has 9 heteroatoms. The van der Waals surface area contributed by atoms with Gasteiger partial charge in [0.25, 0.3) is 0 Å². The van der Waals surface area contributed by atoms with E-state index in [2.05, 4.69) is 13.8 Å². The van der Waals surface area contributed by atoms with Gasteiger partial charge in [-0.3, -0.25) is 0 Å². The Balaban J connectivity index is 1.29. The number of benzene rings is 1. The van der Waals surface area contributed by atoms with Gasteiger partial charge in [-0.25, -0.2) is 23.0 Å². The summed E-state index contributed by atoms with van der Waals surface area (Å²) in [7, 11) is -3.80. The lowest BCUT2D eigenvalue weighted by atomic mass is 9.58. The van der Waals surface area contributed by atoms with Crippen molar-refractivity contribution in [2.45, 2.75) is 140 Å². The molecule has 4 saturated heterocycles. The van der Waals surface area contributed by atoms with Crippen LogP contribution in [-0.4, -0.2) is 49.4 Å². The molecule has 6 rings (SSSR count). The Labute approximate surface area is 252 Å². The summed E-state index contributed by atoms with van der Waals surface area (Å²) in [6.07, 6.45) is 12.8. The van der Waals surface area contributed by atoms with Crippen molar-refractivity contribution in [1.29, 1.82) is 0 Å². The molecule has 1 spiro atoms. The van der Waals surface area contributed by atoms with E-state index in [0.29, 0.717) is 18.4 Å². The molecular weight excluding hydrogens is 556 g/mol. The van der Waals surface area contributed by atoms with Crippen LogP contribution in [0.25, 0.3) is 0 Å². The number of esters is 1. The minimum Gasteiger partial charge on any atom is -0.430 e. The summed E-state index contributed by atoms with van der Waals surface area (Å²) in [6, 6.07) is 7.42. The molecule has 236 valence electrons. The maximum atomic E-state index is 13.6. The van der Waals surface area contributed by atoms with Crippen LogP contribution in [0.3, 0.4) is 0 Å². The summed E-state index contributed by atoms with van der Waals surface area (Å²) in [4.78, 5) is 25.4. The van der Waals surface area contributed by atoms with Crippen molar-refractivity contribution in [3.05, 3.63) is 35.4 Å². The minimum atomic E-state index is -3.80. The second-order valence-corrected chi connectivity index (χ2v) is 16.0. The van der Waals surface area contributed by atoms with Crippen LogP contribution >= 0.6 is 0 Å². The van der Waals surface area contributed by atoms with Gasteiger partial charge >= 0.3 is 5.97 Å². The molecule has 8 nitrogen and oxygen atoms in total. The predicted octanol–water partition coefficient (Wildman–Crippen LogP) is 6.90. The van der Waals surface area contributed by atoms with Crippen molar-refractivity contribution in [3.8, 4) is 0 Å². The van der Waals surface area contributed by atoms with Crippen LogP contribution in [0, 0.1) is 17.8 Å². The number of ether oxygens (including phenoxy) is 3. The third-order valence-electron chi connectivity index (χ3n) is 10.6. The van der Waals surface area contributed by atoms with Crippen LogP contribution < -0.4 is 0 Å². The molecule has 0 aromatic heterocycles. The number of aryl methyl sites for hydroxylation is 1. The van der Waals surface area contributed by atoms with E-state index < -0.39 is 50.4 Å². The Morgan fingerprint density at radius 3 is 2.29 bits per heavy atom. The highest BCUT2D eigenvalue weighted by molar-refractivity contribution is 7.92. The number of fused-ring (bicyclic) bond motifs is 2. The molecule has 1 saturated carbocycles. The van der Waals surface area contributed by atoms with Gasteiger partial charge in [0.1, 0.15) is 4.75 Å². The van der Waals surface area contributed by atoms with Crippen LogP contribution in [0.5, 0.6) is 0 Å². The molecule has 4 aliphatic heterocycles. The molecule has 4 heterocycles. The molecule has 0 unspecified atom stereocenters. The smallest absolute Gasteiger partial charge is 0.340 e. The van der Waals surface area contributed by atoms with Gasteiger partial charge in [0.05, 0.1) is 5.56 Å². The van der Waals surface area contributed by atoms with E-state index in [1.54, 1.807) is 26.0 Å². The highest BCUT2D eigenvalue weighted by Gasteiger charge is 2.75. The van der Waals surface area contributed by atoms with Crippen molar-refractivity contribution < 1.29 is 37.2 Å². The molecule has 42 heavy (non-hydrogen) atoms. The standard InChI is InChI=1S/C33H50O8S/c1-6-7-8-9-10-11-12-13-14-24-16-18-25(19-17-24)28(34)37-29-32(4,42(5,35)36)27-20-15-23(2)26-21-22-31(3)39-30(38-29)33(26,27)41-40-31/h16-19,23,26-27,29-30H,6-15,20-22H2,1-5H3/t23-,26+,27+,29-,30-,31+,32-,33-/m1/s1. The Kier molecular flexibility index (Phi) is 9.47. The fourth-order valence-electron chi connectivity index (χ4n) is 7.88. The fourth-order valence-corrected chi connectivity index (χ4v) is 9.15. The topological polar surface area (TPSA) is 97.4 Å². The van der Waals surface area contributed by atoms with Crippen LogP contribution in [0.4, 0.5) is 0 Å². The van der Waals surface area contributed by atoms with Gasteiger partial charge in [0.15, 0.2) is 21.7 Å². The molecular formula is C33H50O8S. The zero-order chi connectivity index (χ0) is 30.2. The van der Waals surface area contributed by atoms with Crippen molar-refractivity contribution in [1.82, 2.24) is 0 Å². The largest absolute Gasteiger partial charge is 0.430 e. The molecule has 0 N–H and O–H groups in total. The quantitative estimate of drug-likeness (QED) is 0.144. The van der Waals surface area contributed by atoms with E-state index in [1.807, 2.05) is 12.1 Å². The van der Waals surface area contributed by atoms with Crippen LogP contribution in [0.1, 0.15) is 121 Å². The van der Waals surface area contributed by atoms with E-state index in [1.165, 1.54) is 56.8 Å². The number of carbonyl (C=O) groups excluding carboxylic acids is 1. The van der Waals surface area contributed by atoms with Crippen molar-refractivity contribution in [3.63, 3.8) is 0 Å². The number of hydrogen-bond acceptors (Lipinski definition) is 8. The molecule has 5 aliphatic rings. The third kappa shape index (κ3) is 5.81. The van der Waals surface area contributed by atoms with Gasteiger partial charge in [-0.15, -0.1) is 0 Å². The zero-order valence-electron chi connectivity index (χ0n) is 26.1. The Morgan fingerprint density at radius 1 is 0.952 bits per heavy atom. The Morgan fingerprint density at radius 2 is 1.62 bits per heavy atom. The van der Waals surface area contributed by atoms with E-state index in [4.69, 9.17) is 24.0 Å². The third-order valence-corrected chi connectivity index (χ3v) is 12.7. The molecule has 1 aromatic rings. The Hall–Kier alpha value is -1.52. The normalized spacial score (nSPS) is 37.6. The van der Waals surface area contributed by atoms with Gasteiger partial charge in [0.2, 0.25) is 12.1 Å². The van der Waals surface area contributed by atoms with Crippen molar-refractivity contribution in [2.75, 3.05) is 6.26 Å². The molecule has 2 bridgehead atoms. The molecule has 1 aliphatic carbocycles. The summed E-state index contributed by atoms with van der Waals surface area (Å²) in [5, 5.41) is 0. The van der Waals surface area contributed by atoms with E-state index in [0.717, 1.165) is 25.7 Å². The second kappa shape index (κ2) is 12.5. The monoisotopic (exact) mass is 606 g/mol. The van der Waals surface area contributed by atoms with Crippen LogP contribution in [-0.2, 0) is 40.2 Å². The number of sulfone groups is 1. The lowest BCUT2D eigenvalue weighted by Crippen LogP contribution is -2.77. The average Bonchev–Trinajstić information content (AvgIpc) is 3.18. The minimum absolute atomic E-state index is 0.0168. The molecule has 5 fully saturated rings. The number of rotatable bonds is 12. The van der Waals surface area contributed by atoms with Gasteiger partial charge < -0.3 is 14.2 Å². The molecule has 0 amide bonds. The van der Waals surface area contributed by atoms with Gasteiger partial charge in [0, 0.05) is 18.6 Å². The van der Waals surface area contributed by atoms with Crippen molar-refractivity contribution >= 4 is 15.8 Å². The van der Waals surface area contributed by atoms with Gasteiger partial charge in [-0.05, 0) is 75.5 Å². The predicted molar refractivity (Wildman–Crippen MR) is 159 cm³/mol. The number of hydrogen-bond donors (Lipinski definition) is 0. The number of unbranched alkanes of at least 4 members (excludes halogenated alkanes) is 7. The first kappa shape index (κ1) is 31.9. The summed E-state index contributed by atoms with van der Waals surface area (Å²) in [5.74, 6) is -1.93. The van der Waals surface area contributed by atoms with E-state index in [-0.39, 0.29) is 11.8 Å². The Bertz CT molecular complexity index is 1200. The lowest BCUT2D eigenvalue weighted by Gasteiger charge is -2.62. The molecule has 1 aromatic carbocycles. The summed E-state index contributed by atoms with van der Waals surface area (Å²) >= 11 is 0. The first-order valence-corrected chi connectivity index (χ1v) is 18.0. The maximum Gasteiger partial charge on any atom is 0.340 e. The number of carbonyl (C=O) groups is 1. The van der Waals surface area contributed by atoms with E-state index in [9.17, 15) is 13.2 Å². The average molecular weight is 607 g/mol. The van der Waals surface area contributed by atoms with E-state index >= 15 is 0 Å². The van der Waals surface area contributed by atoms with Crippen LogP contribution in [0.2, 0.25) is 0 Å². The maximum absolute atomic E-state index is 13.6. The molecule has 8 atom stereocenters. The van der Waals surface area contributed by atoms with Gasteiger partial charge in [-0.1, -0.05) is 70.9 Å². The van der Waals surface area contributed by atoms with Crippen molar-refractivity contribution in [2.24, 2.45) is 17.8 Å². The first-order valence-electron chi connectivity index (χ1n) is 16.1. The summed E-state index contributed by atoms with van der Waals surface area (Å²) < 4.78 is 44.2. The SMILES string of the molecule is CCCCCCCCCCc1ccc(C(=O)O[C@@H]2O[C@@H]3O[C@]4(C)CC[C@H]5[C@H](C)CC[C@H]([C@@]35OO4)[C@@]2(C)S(C)(=O)=O)cc1. The fraction of sp³-hybridized carbons (Fsp3) is 0.788. The first-order chi connectivity index (χ1) is 19.9. The second-order valence-electron chi connectivity index (χ2n) is 13.6. The highest BCUT2D eigenvalue weighted by Crippen LogP contribution is 2.63. The molecule has 0 radical (unpaired) electrons. The van der Waals surface area contributed by atoms with Crippen LogP contribution in [0.15, 0.2) is 24.3 Å². The summed E-state index contributed by atoms with van der Waals surface area (Å²) in [5.41, 5.74) is 0.426. The zero-order valence-corrected chi connectivity index (χ0v) is 26.9. The lowest BCUT2D eigenvalue weighted by molar-refractivity contribution is -0.574.